The number of hydrogen-bond donors (Lipinski definition) is 1. The van der Waals surface area contributed by atoms with Gasteiger partial charge in [-0.1, -0.05) is 42.1 Å². The minimum absolute atomic E-state index is 0.0924. The lowest BCUT2D eigenvalue weighted by Gasteiger charge is -2.11. The Morgan fingerprint density at radius 2 is 1.85 bits per heavy atom. The maximum absolute atomic E-state index is 12.2. The molecule has 0 unspecified atom stereocenters. The first-order chi connectivity index (χ1) is 12.5. The van der Waals surface area contributed by atoms with Crippen LogP contribution in [0.1, 0.15) is 22.6 Å². The number of hydrogen-bond acceptors (Lipinski definition) is 5. The predicted molar refractivity (Wildman–Crippen MR) is 112 cm³/mol. The van der Waals surface area contributed by atoms with Crippen molar-refractivity contribution in [3.8, 4) is 0 Å². The standard InChI is InChI=1S/C19H18IN3O2S/c1-12-8-15(20)9-13(2)18(12)21-16(24)11-26-19-23-22-17(25-19)10-14-6-4-3-5-7-14/h3-9H,10-11H2,1-2H3,(H,21,24). The number of anilines is 1. The molecule has 0 radical (unpaired) electrons. The molecule has 3 aromatic rings. The van der Waals surface area contributed by atoms with E-state index in [2.05, 4.69) is 38.1 Å². The number of rotatable bonds is 6. The number of carbonyl (C=O) groups excluding carboxylic acids is 1. The highest BCUT2D eigenvalue weighted by atomic mass is 127. The average molecular weight is 479 g/mol. The summed E-state index contributed by atoms with van der Waals surface area (Å²) in [7, 11) is 0. The number of aryl methyl sites for hydroxylation is 2. The van der Waals surface area contributed by atoms with Gasteiger partial charge in [0.1, 0.15) is 0 Å². The molecule has 1 aromatic heterocycles. The Morgan fingerprint density at radius 3 is 2.54 bits per heavy atom. The molecule has 0 aliphatic carbocycles. The zero-order valence-corrected chi connectivity index (χ0v) is 17.4. The van der Waals surface area contributed by atoms with E-state index in [9.17, 15) is 4.79 Å². The maximum atomic E-state index is 12.2. The van der Waals surface area contributed by atoms with Crippen LogP contribution < -0.4 is 5.32 Å². The fourth-order valence-electron chi connectivity index (χ4n) is 2.55. The maximum Gasteiger partial charge on any atom is 0.277 e. The summed E-state index contributed by atoms with van der Waals surface area (Å²) in [5.74, 6) is 0.673. The van der Waals surface area contributed by atoms with Gasteiger partial charge >= 0.3 is 0 Å². The van der Waals surface area contributed by atoms with Crippen molar-refractivity contribution in [3.05, 3.63) is 68.6 Å². The van der Waals surface area contributed by atoms with Crippen LogP contribution in [0.4, 0.5) is 5.69 Å². The summed E-state index contributed by atoms with van der Waals surface area (Å²) >= 11 is 3.51. The normalized spacial score (nSPS) is 10.7. The highest BCUT2D eigenvalue weighted by Crippen LogP contribution is 2.24. The molecule has 0 saturated carbocycles. The topological polar surface area (TPSA) is 68.0 Å². The smallest absolute Gasteiger partial charge is 0.277 e. The molecule has 0 atom stereocenters. The third-order valence-electron chi connectivity index (χ3n) is 3.74. The molecule has 1 heterocycles. The molecule has 1 amide bonds. The molecule has 1 N–H and O–H groups in total. The second-order valence-corrected chi connectivity index (χ2v) is 8.05. The summed E-state index contributed by atoms with van der Waals surface area (Å²) in [6.07, 6.45) is 0.585. The van der Waals surface area contributed by atoms with Crippen molar-refractivity contribution >= 4 is 45.9 Å². The number of halogens is 1. The van der Waals surface area contributed by atoms with E-state index < -0.39 is 0 Å². The molecular formula is C19H18IN3O2S. The quantitative estimate of drug-likeness (QED) is 0.413. The van der Waals surface area contributed by atoms with Crippen molar-refractivity contribution in [1.82, 2.24) is 10.2 Å². The molecule has 7 heteroatoms. The largest absolute Gasteiger partial charge is 0.416 e. The monoisotopic (exact) mass is 479 g/mol. The van der Waals surface area contributed by atoms with Crippen LogP contribution in [0.3, 0.4) is 0 Å². The van der Waals surface area contributed by atoms with E-state index in [0.29, 0.717) is 17.5 Å². The summed E-state index contributed by atoms with van der Waals surface area (Å²) in [5.41, 5.74) is 4.08. The van der Waals surface area contributed by atoms with Gasteiger partial charge in [-0.3, -0.25) is 4.79 Å². The number of thioether (sulfide) groups is 1. The molecule has 0 fully saturated rings. The molecule has 0 bridgehead atoms. The molecule has 0 aliphatic rings. The molecule has 26 heavy (non-hydrogen) atoms. The SMILES string of the molecule is Cc1cc(I)cc(C)c1NC(=O)CSc1nnc(Cc2ccccc2)o1. The van der Waals surface area contributed by atoms with Crippen molar-refractivity contribution < 1.29 is 9.21 Å². The van der Waals surface area contributed by atoms with Gasteiger partial charge in [-0.15, -0.1) is 10.2 Å². The zero-order chi connectivity index (χ0) is 18.5. The first kappa shape index (κ1) is 18.9. The summed E-state index contributed by atoms with van der Waals surface area (Å²) < 4.78 is 6.77. The Labute approximate surface area is 170 Å². The van der Waals surface area contributed by atoms with Crippen LogP contribution in [0, 0.1) is 17.4 Å². The number of carbonyl (C=O) groups is 1. The van der Waals surface area contributed by atoms with E-state index in [1.165, 1.54) is 11.8 Å². The van der Waals surface area contributed by atoms with Crippen LogP contribution in [0.25, 0.3) is 0 Å². The zero-order valence-electron chi connectivity index (χ0n) is 14.5. The van der Waals surface area contributed by atoms with Crippen LogP contribution >= 0.6 is 34.4 Å². The molecular weight excluding hydrogens is 461 g/mol. The van der Waals surface area contributed by atoms with Crippen LogP contribution in [0.2, 0.25) is 0 Å². The minimum atomic E-state index is -0.0924. The second-order valence-electron chi connectivity index (χ2n) is 5.88. The van der Waals surface area contributed by atoms with E-state index in [-0.39, 0.29) is 11.7 Å². The molecule has 5 nitrogen and oxygen atoms in total. The van der Waals surface area contributed by atoms with Crippen molar-refractivity contribution in [1.29, 1.82) is 0 Å². The Balaban J connectivity index is 1.55. The first-order valence-electron chi connectivity index (χ1n) is 8.07. The molecule has 2 aromatic carbocycles. The lowest BCUT2D eigenvalue weighted by molar-refractivity contribution is -0.113. The van der Waals surface area contributed by atoms with Crippen LogP contribution in [-0.4, -0.2) is 21.9 Å². The number of aromatic nitrogens is 2. The van der Waals surface area contributed by atoms with Crippen molar-refractivity contribution in [2.45, 2.75) is 25.5 Å². The number of amides is 1. The second kappa shape index (κ2) is 8.68. The lowest BCUT2D eigenvalue weighted by Crippen LogP contribution is -2.16. The fraction of sp³-hybridized carbons (Fsp3) is 0.211. The number of nitrogens with one attached hydrogen (secondary N) is 1. The van der Waals surface area contributed by atoms with E-state index in [0.717, 1.165) is 25.9 Å². The van der Waals surface area contributed by atoms with Gasteiger partial charge in [0, 0.05) is 9.26 Å². The Hall–Kier alpha value is -1.87. The van der Waals surface area contributed by atoms with Crippen LogP contribution in [-0.2, 0) is 11.2 Å². The highest BCUT2D eigenvalue weighted by molar-refractivity contribution is 14.1. The third-order valence-corrected chi connectivity index (χ3v) is 5.18. The van der Waals surface area contributed by atoms with Crippen molar-refractivity contribution in [2.24, 2.45) is 0 Å². The average Bonchev–Trinajstić information content (AvgIpc) is 3.04. The van der Waals surface area contributed by atoms with Crippen LogP contribution in [0.5, 0.6) is 0 Å². The summed E-state index contributed by atoms with van der Waals surface area (Å²) in [6, 6.07) is 14.0. The molecule has 3 rings (SSSR count). The van der Waals surface area contributed by atoms with Gasteiger partial charge in [0.25, 0.3) is 5.22 Å². The van der Waals surface area contributed by atoms with E-state index in [1.54, 1.807) is 0 Å². The Bertz CT molecular complexity index is 889. The number of benzene rings is 2. The third kappa shape index (κ3) is 5.07. The Kier molecular flexibility index (Phi) is 6.31. The minimum Gasteiger partial charge on any atom is -0.416 e. The molecule has 0 aliphatic heterocycles. The van der Waals surface area contributed by atoms with Gasteiger partial charge in [0.05, 0.1) is 12.2 Å². The van der Waals surface area contributed by atoms with Crippen molar-refractivity contribution in [2.75, 3.05) is 11.1 Å². The summed E-state index contributed by atoms with van der Waals surface area (Å²) in [6.45, 7) is 3.98. The van der Waals surface area contributed by atoms with Crippen molar-refractivity contribution in [3.63, 3.8) is 0 Å². The number of nitrogens with zero attached hydrogens (tertiary/aromatic N) is 2. The highest BCUT2D eigenvalue weighted by Gasteiger charge is 2.12. The molecule has 0 spiro atoms. The summed E-state index contributed by atoms with van der Waals surface area (Å²) in [4.78, 5) is 12.2. The molecule has 0 saturated heterocycles. The predicted octanol–water partition coefficient (Wildman–Crippen LogP) is 4.61. The Morgan fingerprint density at radius 1 is 1.15 bits per heavy atom. The van der Waals surface area contributed by atoms with Crippen LogP contribution in [0.15, 0.2) is 52.1 Å². The van der Waals surface area contributed by atoms with Gasteiger partial charge in [-0.25, -0.2) is 0 Å². The van der Waals surface area contributed by atoms with E-state index in [1.807, 2.05) is 56.3 Å². The van der Waals surface area contributed by atoms with Gasteiger partial charge in [-0.2, -0.15) is 0 Å². The van der Waals surface area contributed by atoms with Gasteiger partial charge < -0.3 is 9.73 Å². The molecule has 134 valence electrons. The summed E-state index contributed by atoms with van der Waals surface area (Å²) in [5, 5.41) is 11.4. The van der Waals surface area contributed by atoms with Gasteiger partial charge in [-0.05, 0) is 65.3 Å². The first-order valence-corrected chi connectivity index (χ1v) is 10.1. The van der Waals surface area contributed by atoms with E-state index in [4.69, 9.17) is 4.42 Å². The lowest BCUT2D eigenvalue weighted by atomic mass is 10.1. The fourth-order valence-corrected chi connectivity index (χ4v) is 4.06. The van der Waals surface area contributed by atoms with Gasteiger partial charge in [0.2, 0.25) is 11.8 Å². The van der Waals surface area contributed by atoms with E-state index >= 15 is 0 Å². The van der Waals surface area contributed by atoms with Gasteiger partial charge in [0.15, 0.2) is 0 Å².